The lowest BCUT2D eigenvalue weighted by atomic mass is 9.44. The maximum Gasteiger partial charge on any atom is 0.166 e. The van der Waals surface area contributed by atoms with Crippen molar-refractivity contribution < 1.29 is 10.2 Å². The minimum Gasteiger partial charge on any atom is -0.365 e. The fourth-order valence-electron chi connectivity index (χ4n) is 9.51. The summed E-state index contributed by atoms with van der Waals surface area (Å²) in [6, 6.07) is 0. The number of hydrogen-bond acceptors (Lipinski definition) is 2. The van der Waals surface area contributed by atoms with Crippen LogP contribution in [0.15, 0.2) is 0 Å². The Morgan fingerprint density at radius 1 is 0.828 bits per heavy atom. The minimum atomic E-state index is -1.46. The zero-order valence-corrected chi connectivity index (χ0v) is 19.9. The fourth-order valence-corrected chi connectivity index (χ4v) is 9.51. The van der Waals surface area contributed by atoms with Gasteiger partial charge in [0.1, 0.15) is 0 Å². The minimum absolute atomic E-state index is 0.0463. The Hall–Kier alpha value is -0.0800. The highest BCUT2D eigenvalue weighted by Crippen LogP contribution is 2.69. The van der Waals surface area contributed by atoms with Crippen LogP contribution in [0.4, 0.5) is 0 Å². The van der Waals surface area contributed by atoms with E-state index < -0.39 is 5.79 Å². The Balaban J connectivity index is 1.55. The zero-order valence-electron chi connectivity index (χ0n) is 19.9. The van der Waals surface area contributed by atoms with Crippen LogP contribution in [-0.2, 0) is 0 Å². The van der Waals surface area contributed by atoms with E-state index >= 15 is 0 Å². The Morgan fingerprint density at radius 2 is 1.59 bits per heavy atom. The molecular weight excluding hydrogens is 356 g/mol. The molecule has 8 atom stereocenters. The number of hydrogen-bond donors (Lipinski definition) is 2. The van der Waals surface area contributed by atoms with E-state index in [-0.39, 0.29) is 11.3 Å². The molecule has 4 aliphatic rings. The third-order valence-electron chi connectivity index (χ3n) is 10.8. The van der Waals surface area contributed by atoms with Crippen LogP contribution in [0.2, 0.25) is 0 Å². The lowest BCUT2D eigenvalue weighted by Gasteiger charge is -2.60. The maximum atomic E-state index is 11.3. The van der Waals surface area contributed by atoms with Crippen molar-refractivity contribution in [3.8, 4) is 0 Å². The molecule has 0 amide bonds. The van der Waals surface area contributed by atoms with E-state index in [0.29, 0.717) is 23.7 Å². The van der Waals surface area contributed by atoms with Gasteiger partial charge in [-0.1, -0.05) is 66.7 Å². The van der Waals surface area contributed by atoms with Crippen LogP contribution < -0.4 is 0 Å². The van der Waals surface area contributed by atoms with E-state index in [1.165, 1.54) is 64.2 Å². The summed E-state index contributed by atoms with van der Waals surface area (Å²) in [5.74, 6) is 2.71. The topological polar surface area (TPSA) is 40.5 Å². The molecule has 4 aliphatic carbocycles. The molecule has 0 aromatic heterocycles. The van der Waals surface area contributed by atoms with Crippen molar-refractivity contribution in [3.63, 3.8) is 0 Å². The van der Waals surface area contributed by atoms with Crippen LogP contribution in [0.5, 0.6) is 0 Å². The smallest absolute Gasteiger partial charge is 0.166 e. The van der Waals surface area contributed by atoms with Gasteiger partial charge in [-0.05, 0) is 84.9 Å². The first-order valence-electron chi connectivity index (χ1n) is 13.0. The number of rotatable bonds is 5. The van der Waals surface area contributed by atoms with Crippen LogP contribution >= 0.6 is 0 Å². The summed E-state index contributed by atoms with van der Waals surface area (Å²) < 4.78 is 0. The van der Waals surface area contributed by atoms with Crippen molar-refractivity contribution >= 4 is 0 Å². The normalized spacial score (nSPS) is 47.4. The van der Waals surface area contributed by atoms with Gasteiger partial charge in [-0.3, -0.25) is 0 Å². The average Bonchev–Trinajstić information content (AvgIpc) is 2.85. The second-order valence-electron chi connectivity index (χ2n) is 12.8. The van der Waals surface area contributed by atoms with Crippen LogP contribution in [0.3, 0.4) is 0 Å². The van der Waals surface area contributed by atoms with Gasteiger partial charge in [0.2, 0.25) is 0 Å². The molecule has 0 bridgehead atoms. The van der Waals surface area contributed by atoms with Crippen molar-refractivity contribution in [2.75, 3.05) is 0 Å². The van der Waals surface area contributed by atoms with Crippen LogP contribution in [0.25, 0.3) is 0 Å². The van der Waals surface area contributed by atoms with Crippen molar-refractivity contribution in [2.24, 2.45) is 52.3 Å². The molecule has 0 spiro atoms. The van der Waals surface area contributed by atoms with E-state index in [4.69, 9.17) is 0 Å². The molecule has 2 N–H and O–H groups in total. The highest BCUT2D eigenvalue weighted by molar-refractivity contribution is 5.13. The first-order valence-corrected chi connectivity index (χ1v) is 13.0. The molecular formula is C27H48O2. The summed E-state index contributed by atoms with van der Waals surface area (Å²) in [5.41, 5.74) is 0.636. The van der Waals surface area contributed by atoms with E-state index in [9.17, 15) is 10.2 Å². The average molecular weight is 405 g/mol. The first-order chi connectivity index (χ1) is 13.6. The molecule has 0 radical (unpaired) electrons. The first kappa shape index (κ1) is 22.1. The predicted octanol–water partition coefficient (Wildman–Crippen LogP) is 6.79. The molecule has 0 unspecified atom stereocenters. The molecule has 0 saturated heterocycles. The molecule has 4 saturated carbocycles. The van der Waals surface area contributed by atoms with Crippen molar-refractivity contribution in [2.45, 2.75) is 117 Å². The summed E-state index contributed by atoms with van der Waals surface area (Å²) >= 11 is 0. The Morgan fingerprint density at radius 3 is 2.31 bits per heavy atom. The largest absolute Gasteiger partial charge is 0.365 e. The van der Waals surface area contributed by atoms with E-state index in [1.54, 1.807) is 0 Å². The second kappa shape index (κ2) is 7.80. The van der Waals surface area contributed by atoms with Gasteiger partial charge < -0.3 is 10.2 Å². The summed E-state index contributed by atoms with van der Waals surface area (Å²) in [5, 5.41) is 22.5. The summed E-state index contributed by atoms with van der Waals surface area (Å²) in [7, 11) is 0. The molecule has 0 aliphatic heterocycles. The van der Waals surface area contributed by atoms with Gasteiger partial charge in [0, 0.05) is 12.3 Å². The fraction of sp³-hybridized carbons (Fsp3) is 1.00. The SMILES string of the molecule is CC(C)CCC[C@@H](C)[C@H]1C(O)(O)C[C@H]2[C@@H]3CC[C@H]4CCCC[C@]4(C)[C@H]3CC[C@@]21C. The van der Waals surface area contributed by atoms with Gasteiger partial charge in [-0.25, -0.2) is 0 Å². The number of fused-ring (bicyclic) bond motifs is 5. The van der Waals surface area contributed by atoms with E-state index in [2.05, 4.69) is 34.6 Å². The summed E-state index contributed by atoms with van der Waals surface area (Å²) in [6.45, 7) is 12.0. The maximum absolute atomic E-state index is 11.3. The van der Waals surface area contributed by atoms with E-state index in [0.717, 1.165) is 30.1 Å². The lowest BCUT2D eigenvalue weighted by molar-refractivity contribution is -0.211. The van der Waals surface area contributed by atoms with Gasteiger partial charge in [-0.2, -0.15) is 0 Å². The zero-order chi connectivity index (χ0) is 21.0. The van der Waals surface area contributed by atoms with Gasteiger partial charge in [0.25, 0.3) is 0 Å². The predicted molar refractivity (Wildman–Crippen MR) is 120 cm³/mol. The van der Waals surface area contributed by atoms with Gasteiger partial charge in [-0.15, -0.1) is 0 Å². The summed E-state index contributed by atoms with van der Waals surface area (Å²) in [4.78, 5) is 0. The monoisotopic (exact) mass is 404 g/mol. The van der Waals surface area contributed by atoms with Crippen LogP contribution in [0, 0.1) is 52.3 Å². The van der Waals surface area contributed by atoms with E-state index in [1.807, 2.05) is 0 Å². The highest BCUT2D eigenvalue weighted by Gasteiger charge is 2.66. The number of aliphatic hydroxyl groups is 2. The molecule has 4 fully saturated rings. The molecule has 0 heterocycles. The lowest BCUT2D eigenvalue weighted by Crippen LogP contribution is -2.53. The van der Waals surface area contributed by atoms with Crippen molar-refractivity contribution in [1.82, 2.24) is 0 Å². The summed E-state index contributed by atoms with van der Waals surface area (Å²) in [6.07, 6.45) is 15.2. The second-order valence-corrected chi connectivity index (χ2v) is 12.8. The van der Waals surface area contributed by atoms with Crippen LogP contribution in [0.1, 0.15) is 112 Å². The molecule has 168 valence electrons. The van der Waals surface area contributed by atoms with Gasteiger partial charge >= 0.3 is 0 Å². The molecule has 0 aromatic carbocycles. The third kappa shape index (κ3) is 3.63. The van der Waals surface area contributed by atoms with Gasteiger partial charge in [0.15, 0.2) is 5.79 Å². The molecule has 29 heavy (non-hydrogen) atoms. The molecule has 4 rings (SSSR count). The highest BCUT2D eigenvalue weighted by atomic mass is 16.5. The Kier molecular flexibility index (Phi) is 5.95. The van der Waals surface area contributed by atoms with Crippen molar-refractivity contribution in [3.05, 3.63) is 0 Å². The molecule has 2 nitrogen and oxygen atoms in total. The molecule has 2 heteroatoms. The van der Waals surface area contributed by atoms with Crippen LogP contribution in [-0.4, -0.2) is 16.0 Å². The quantitative estimate of drug-likeness (QED) is 0.495. The van der Waals surface area contributed by atoms with Crippen molar-refractivity contribution in [1.29, 1.82) is 0 Å². The Labute approximate surface area is 180 Å². The standard InChI is InChI=1S/C27H48O2/c1-18(2)9-8-10-19(3)24-26(5)16-14-22-21(23(26)17-27(24,28)29)13-12-20-11-6-7-15-25(20,22)4/h18-24,28-29H,6-17H2,1-5H3/t19-,20-,21-,22+,23+,24-,25+,26+/m1/s1. The Bertz CT molecular complexity index is 583. The molecule has 0 aromatic rings. The third-order valence-corrected chi connectivity index (χ3v) is 10.8. The van der Waals surface area contributed by atoms with Gasteiger partial charge in [0.05, 0.1) is 0 Å².